The van der Waals surface area contributed by atoms with E-state index in [1.165, 1.54) is 13.5 Å². The third-order valence-electron chi connectivity index (χ3n) is 6.04. The van der Waals surface area contributed by atoms with Crippen molar-refractivity contribution in [2.24, 2.45) is 5.92 Å². The van der Waals surface area contributed by atoms with Gasteiger partial charge in [-0.3, -0.25) is 9.59 Å². The molecule has 31 heavy (non-hydrogen) atoms. The van der Waals surface area contributed by atoms with Crippen molar-refractivity contribution in [3.8, 4) is 11.5 Å². The number of rotatable bonds is 6. The molecule has 1 aliphatic carbocycles. The standard InChI is InChI=1S/C25H27NO5/c1-15-19-13-17(26-25(28)16-7-5-4-6-8-16)9-11-22(19)31-24(15)23(27)20-14-18(29-2)10-12-21(20)30-3/h9-14,16H,4-8H2,1-3H3,(H,26,28). The summed E-state index contributed by atoms with van der Waals surface area (Å²) in [6.07, 6.45) is 5.31. The number of anilines is 1. The van der Waals surface area contributed by atoms with Gasteiger partial charge in [-0.05, 0) is 56.2 Å². The molecule has 0 spiro atoms. The van der Waals surface area contributed by atoms with E-state index in [0.29, 0.717) is 28.3 Å². The van der Waals surface area contributed by atoms with Crippen molar-refractivity contribution < 1.29 is 23.5 Å². The summed E-state index contributed by atoms with van der Waals surface area (Å²) in [5.41, 5.74) is 2.40. The van der Waals surface area contributed by atoms with E-state index in [4.69, 9.17) is 13.9 Å². The Bertz CT molecular complexity index is 1120. The Kier molecular flexibility index (Phi) is 5.98. The monoisotopic (exact) mass is 421 g/mol. The summed E-state index contributed by atoms with van der Waals surface area (Å²) in [5.74, 6) is 1.12. The third kappa shape index (κ3) is 4.15. The Morgan fingerprint density at radius 1 is 1.00 bits per heavy atom. The molecule has 1 aliphatic rings. The number of ketones is 1. The number of amides is 1. The molecule has 4 rings (SSSR count). The molecule has 2 aromatic carbocycles. The highest BCUT2D eigenvalue weighted by Crippen LogP contribution is 2.33. The predicted octanol–water partition coefficient (Wildman–Crippen LogP) is 5.51. The highest BCUT2D eigenvalue weighted by atomic mass is 16.5. The fourth-order valence-corrected chi connectivity index (χ4v) is 4.24. The van der Waals surface area contributed by atoms with E-state index in [2.05, 4.69) is 5.32 Å². The van der Waals surface area contributed by atoms with Crippen LogP contribution in [0.5, 0.6) is 11.5 Å². The van der Waals surface area contributed by atoms with Gasteiger partial charge in [0.25, 0.3) is 0 Å². The number of ether oxygens (including phenoxy) is 2. The molecule has 0 bridgehead atoms. The van der Waals surface area contributed by atoms with Gasteiger partial charge in [0.05, 0.1) is 19.8 Å². The predicted molar refractivity (Wildman–Crippen MR) is 119 cm³/mol. The molecule has 1 heterocycles. The maximum absolute atomic E-state index is 13.3. The largest absolute Gasteiger partial charge is 0.497 e. The van der Waals surface area contributed by atoms with Gasteiger partial charge in [0.1, 0.15) is 17.1 Å². The smallest absolute Gasteiger partial charge is 0.232 e. The lowest BCUT2D eigenvalue weighted by Gasteiger charge is -2.20. The van der Waals surface area contributed by atoms with Crippen LogP contribution < -0.4 is 14.8 Å². The molecular weight excluding hydrogens is 394 g/mol. The molecule has 6 nitrogen and oxygen atoms in total. The van der Waals surface area contributed by atoms with Gasteiger partial charge in [0, 0.05) is 22.6 Å². The number of methoxy groups -OCH3 is 2. The van der Waals surface area contributed by atoms with Gasteiger partial charge >= 0.3 is 0 Å². The zero-order valence-corrected chi connectivity index (χ0v) is 18.1. The Morgan fingerprint density at radius 2 is 1.77 bits per heavy atom. The average molecular weight is 421 g/mol. The maximum Gasteiger partial charge on any atom is 0.232 e. The lowest BCUT2D eigenvalue weighted by Crippen LogP contribution is -2.24. The van der Waals surface area contributed by atoms with E-state index >= 15 is 0 Å². The summed E-state index contributed by atoms with van der Waals surface area (Å²) in [5, 5.41) is 3.83. The molecule has 1 N–H and O–H groups in total. The molecular formula is C25H27NO5. The van der Waals surface area contributed by atoms with Crippen molar-refractivity contribution in [1.29, 1.82) is 0 Å². The van der Waals surface area contributed by atoms with Crippen molar-refractivity contribution in [2.45, 2.75) is 39.0 Å². The number of aryl methyl sites for hydroxylation is 1. The average Bonchev–Trinajstić information content (AvgIpc) is 3.14. The van der Waals surface area contributed by atoms with E-state index in [9.17, 15) is 9.59 Å². The molecule has 1 saturated carbocycles. The molecule has 0 aliphatic heterocycles. The van der Waals surface area contributed by atoms with Gasteiger partial charge in [-0.2, -0.15) is 0 Å². The topological polar surface area (TPSA) is 77.8 Å². The molecule has 0 atom stereocenters. The Labute approximate surface area is 181 Å². The molecule has 1 fully saturated rings. The van der Waals surface area contributed by atoms with Crippen LogP contribution in [0.4, 0.5) is 5.69 Å². The number of carbonyl (C=O) groups excluding carboxylic acids is 2. The lowest BCUT2D eigenvalue weighted by molar-refractivity contribution is -0.120. The van der Waals surface area contributed by atoms with Gasteiger partial charge in [-0.25, -0.2) is 0 Å². The summed E-state index contributed by atoms with van der Waals surface area (Å²) in [6, 6.07) is 10.5. The highest BCUT2D eigenvalue weighted by molar-refractivity contribution is 6.12. The number of hydrogen-bond donors (Lipinski definition) is 1. The molecule has 162 valence electrons. The number of hydrogen-bond acceptors (Lipinski definition) is 5. The van der Waals surface area contributed by atoms with E-state index < -0.39 is 0 Å². The van der Waals surface area contributed by atoms with Crippen molar-refractivity contribution >= 4 is 28.3 Å². The number of carbonyl (C=O) groups is 2. The summed E-state index contributed by atoms with van der Waals surface area (Å²) in [7, 11) is 3.07. The van der Waals surface area contributed by atoms with Crippen molar-refractivity contribution in [1.82, 2.24) is 0 Å². The molecule has 0 radical (unpaired) electrons. The molecule has 0 unspecified atom stereocenters. The zero-order chi connectivity index (χ0) is 22.0. The second-order valence-electron chi connectivity index (χ2n) is 7.99. The molecule has 6 heteroatoms. The fourth-order valence-electron chi connectivity index (χ4n) is 4.24. The summed E-state index contributed by atoms with van der Waals surface area (Å²) >= 11 is 0. The molecule has 0 saturated heterocycles. The number of benzene rings is 2. The second kappa shape index (κ2) is 8.84. The van der Waals surface area contributed by atoms with Crippen molar-refractivity contribution in [2.75, 3.05) is 19.5 Å². The van der Waals surface area contributed by atoms with Crippen LogP contribution in [0.1, 0.15) is 53.8 Å². The van der Waals surface area contributed by atoms with E-state index in [1.807, 2.05) is 19.1 Å². The summed E-state index contributed by atoms with van der Waals surface area (Å²) in [6.45, 7) is 1.85. The Morgan fingerprint density at radius 3 is 2.48 bits per heavy atom. The van der Waals surface area contributed by atoms with Gasteiger partial charge in [-0.1, -0.05) is 19.3 Å². The van der Waals surface area contributed by atoms with E-state index in [-0.39, 0.29) is 23.4 Å². The first kappa shape index (κ1) is 21.0. The van der Waals surface area contributed by atoms with Gasteiger partial charge in [0.2, 0.25) is 11.7 Å². The van der Waals surface area contributed by atoms with Crippen LogP contribution in [-0.2, 0) is 4.79 Å². The minimum absolute atomic E-state index is 0.0672. The van der Waals surface area contributed by atoms with Crippen LogP contribution in [0.2, 0.25) is 0 Å². The summed E-state index contributed by atoms with van der Waals surface area (Å²) in [4.78, 5) is 25.9. The second-order valence-corrected chi connectivity index (χ2v) is 7.99. The van der Waals surface area contributed by atoms with Crippen LogP contribution in [0.3, 0.4) is 0 Å². The zero-order valence-electron chi connectivity index (χ0n) is 18.1. The maximum atomic E-state index is 13.3. The van der Waals surface area contributed by atoms with Crippen LogP contribution in [-0.4, -0.2) is 25.9 Å². The van der Waals surface area contributed by atoms with Crippen LogP contribution in [0.25, 0.3) is 11.0 Å². The number of fused-ring (bicyclic) bond motifs is 1. The van der Waals surface area contributed by atoms with E-state index in [0.717, 1.165) is 36.6 Å². The van der Waals surface area contributed by atoms with Crippen LogP contribution in [0, 0.1) is 12.8 Å². The minimum Gasteiger partial charge on any atom is -0.497 e. The van der Waals surface area contributed by atoms with Gasteiger partial charge in [-0.15, -0.1) is 0 Å². The van der Waals surface area contributed by atoms with Gasteiger partial charge < -0.3 is 19.2 Å². The highest BCUT2D eigenvalue weighted by Gasteiger charge is 2.24. The SMILES string of the molecule is COc1ccc(OC)c(C(=O)c2oc3ccc(NC(=O)C4CCCCC4)cc3c2C)c1. The first-order chi connectivity index (χ1) is 15.0. The first-order valence-electron chi connectivity index (χ1n) is 10.6. The normalized spacial score (nSPS) is 14.4. The quantitative estimate of drug-likeness (QED) is 0.531. The first-order valence-corrected chi connectivity index (χ1v) is 10.6. The van der Waals surface area contributed by atoms with Crippen LogP contribution >= 0.6 is 0 Å². The Balaban J connectivity index is 1.64. The lowest BCUT2D eigenvalue weighted by atomic mass is 9.88. The fraction of sp³-hybridized carbons (Fsp3) is 0.360. The third-order valence-corrected chi connectivity index (χ3v) is 6.04. The van der Waals surface area contributed by atoms with Crippen LogP contribution in [0.15, 0.2) is 40.8 Å². The van der Waals surface area contributed by atoms with Gasteiger partial charge in [0.15, 0.2) is 5.76 Å². The molecule has 1 amide bonds. The number of furan rings is 1. The van der Waals surface area contributed by atoms with E-state index in [1.54, 1.807) is 31.4 Å². The summed E-state index contributed by atoms with van der Waals surface area (Å²) < 4.78 is 16.5. The van der Waals surface area contributed by atoms with Crippen molar-refractivity contribution in [3.05, 3.63) is 53.3 Å². The molecule has 1 aromatic heterocycles. The Hall–Kier alpha value is -3.28. The number of nitrogens with one attached hydrogen (secondary N) is 1. The van der Waals surface area contributed by atoms with Crippen molar-refractivity contribution in [3.63, 3.8) is 0 Å². The minimum atomic E-state index is -0.280. The molecule has 3 aromatic rings.